The highest BCUT2D eigenvalue weighted by Gasteiger charge is 2.35. The third-order valence-corrected chi connectivity index (χ3v) is 18.9. The molecule has 0 unspecified atom stereocenters. The number of aliphatic hydroxyl groups excluding tert-OH is 3. The van der Waals surface area contributed by atoms with E-state index in [2.05, 4.69) is 148 Å². The zero-order valence-electron chi connectivity index (χ0n) is 57.8. The summed E-state index contributed by atoms with van der Waals surface area (Å²) in [6, 6.07) is 19.0. The Morgan fingerprint density at radius 1 is 0.386 bits per heavy atom. The highest BCUT2D eigenvalue weighted by molar-refractivity contribution is 5.88. The molecule has 0 fully saturated rings. The van der Waals surface area contributed by atoms with Crippen molar-refractivity contribution in [1.82, 2.24) is 16.0 Å². The van der Waals surface area contributed by atoms with E-state index in [1.54, 1.807) is 0 Å². The van der Waals surface area contributed by atoms with Crippen LogP contribution in [0.2, 0.25) is 0 Å². The standard InChI is InChI=1S/C26H44N2O2.2C25H42N2O2/c1-5-6-7-8-9-10-11-12-13-21-14-15-22-16-17-23(19-29)27-26(30)25(20(2)3)28(4)24(22)18-21;2*1-5-6-7-8-9-10-11-12-13-20-14-15-21-17-22(18-28)26-25(29)24(19(2)3)27(4)23(21)16-20/h14-15,18,20,23,25,29H,5-13,16-17,19H2,1-4H3,(H,27,30);2*14-16,19,22,24,28H,5-13,17-18H2,1-4H3,(H,26,29)/t23-,25+;22-,24+;22-,24-/m100/s1. The molecule has 3 amide bonds. The Hall–Kier alpha value is -4.65. The molecular weight excluding hydrogens is 1090 g/mol. The number of hydrogen-bond acceptors (Lipinski definition) is 9. The lowest BCUT2D eigenvalue weighted by atomic mass is 9.93. The molecule has 6 atom stereocenters. The molecule has 88 heavy (non-hydrogen) atoms. The van der Waals surface area contributed by atoms with E-state index in [0.29, 0.717) is 12.8 Å². The quantitative estimate of drug-likeness (QED) is 0.0327. The summed E-state index contributed by atoms with van der Waals surface area (Å²) in [6.45, 7) is 19.3. The number of likely N-dealkylation sites (N-methyl/N-ethyl adjacent to an activating group) is 3. The maximum atomic E-state index is 12.9. The third kappa shape index (κ3) is 25.6. The van der Waals surface area contributed by atoms with Crippen molar-refractivity contribution in [2.45, 2.75) is 298 Å². The fourth-order valence-electron chi connectivity index (χ4n) is 13.7. The van der Waals surface area contributed by atoms with Crippen LogP contribution in [0.4, 0.5) is 17.1 Å². The maximum Gasteiger partial charge on any atom is 0.243 e. The summed E-state index contributed by atoms with van der Waals surface area (Å²) in [4.78, 5) is 44.9. The van der Waals surface area contributed by atoms with E-state index in [9.17, 15) is 29.7 Å². The number of anilines is 3. The van der Waals surface area contributed by atoms with Crippen LogP contribution in [0.25, 0.3) is 0 Å². The number of nitrogens with zero attached hydrogens (tertiary/aromatic N) is 3. The zero-order chi connectivity index (χ0) is 64.4. The minimum absolute atomic E-state index is 0.00781. The van der Waals surface area contributed by atoms with Crippen molar-refractivity contribution < 1.29 is 29.7 Å². The van der Waals surface area contributed by atoms with Crippen LogP contribution in [0.15, 0.2) is 54.6 Å². The van der Waals surface area contributed by atoms with Crippen LogP contribution < -0.4 is 30.7 Å². The minimum atomic E-state index is -0.228. The predicted molar refractivity (Wildman–Crippen MR) is 372 cm³/mol. The first-order valence-corrected chi connectivity index (χ1v) is 35.7. The van der Waals surface area contributed by atoms with Crippen molar-refractivity contribution in [3.8, 4) is 0 Å². The number of aliphatic hydroxyl groups is 3. The normalized spacial score (nSPS) is 19.7. The highest BCUT2D eigenvalue weighted by atomic mass is 16.3. The molecule has 3 aliphatic rings. The highest BCUT2D eigenvalue weighted by Crippen LogP contribution is 2.33. The van der Waals surface area contributed by atoms with E-state index in [1.165, 1.54) is 193 Å². The molecule has 0 saturated carbocycles. The van der Waals surface area contributed by atoms with Gasteiger partial charge in [0.2, 0.25) is 17.7 Å². The Morgan fingerprint density at radius 3 is 0.932 bits per heavy atom. The number of aryl methyl sites for hydroxylation is 4. The molecule has 0 saturated heterocycles. The topological polar surface area (TPSA) is 158 Å². The summed E-state index contributed by atoms with van der Waals surface area (Å²) in [5.74, 6) is 0.634. The monoisotopic (exact) mass is 1220 g/mol. The second kappa shape index (κ2) is 42.4. The minimum Gasteiger partial charge on any atom is -0.394 e. The van der Waals surface area contributed by atoms with E-state index in [1.807, 2.05) is 21.1 Å². The second-order valence-corrected chi connectivity index (χ2v) is 27.6. The van der Waals surface area contributed by atoms with Crippen LogP contribution in [-0.4, -0.2) is 110 Å². The van der Waals surface area contributed by atoms with Gasteiger partial charge in [-0.2, -0.15) is 0 Å². The van der Waals surface area contributed by atoms with Crippen molar-refractivity contribution >= 4 is 34.8 Å². The first-order chi connectivity index (χ1) is 42.4. The van der Waals surface area contributed by atoms with Crippen molar-refractivity contribution in [1.29, 1.82) is 0 Å². The number of benzene rings is 3. The molecule has 0 radical (unpaired) electrons. The number of carbonyl (C=O) groups is 3. The molecule has 3 aliphatic heterocycles. The third-order valence-electron chi connectivity index (χ3n) is 18.9. The number of amides is 3. The smallest absolute Gasteiger partial charge is 0.243 e. The van der Waals surface area contributed by atoms with Crippen LogP contribution in [0.5, 0.6) is 0 Å². The Labute approximate surface area is 537 Å². The Balaban J connectivity index is 0.000000282. The van der Waals surface area contributed by atoms with Gasteiger partial charge in [-0.05, 0) is 134 Å². The molecule has 12 heteroatoms. The van der Waals surface area contributed by atoms with Gasteiger partial charge >= 0.3 is 0 Å². The number of rotatable bonds is 33. The lowest BCUT2D eigenvalue weighted by Gasteiger charge is -2.37. The van der Waals surface area contributed by atoms with Gasteiger partial charge in [-0.25, -0.2) is 0 Å². The van der Waals surface area contributed by atoms with Gasteiger partial charge in [0.05, 0.1) is 37.9 Å². The molecule has 6 rings (SSSR count). The molecule has 3 aromatic rings. The molecule has 0 bridgehead atoms. The van der Waals surface area contributed by atoms with E-state index >= 15 is 0 Å². The van der Waals surface area contributed by atoms with Gasteiger partial charge in [0.25, 0.3) is 0 Å². The summed E-state index contributed by atoms with van der Waals surface area (Å²) in [6.07, 6.45) is 38.3. The fraction of sp³-hybridized carbons (Fsp3) is 0.724. The first kappa shape index (κ1) is 75.8. The Kier molecular flexibility index (Phi) is 36.5. The van der Waals surface area contributed by atoms with Crippen LogP contribution in [0.1, 0.15) is 256 Å². The molecule has 0 spiro atoms. The summed E-state index contributed by atoms with van der Waals surface area (Å²) in [5.41, 5.74) is 11.2. The summed E-state index contributed by atoms with van der Waals surface area (Å²) >= 11 is 0. The molecule has 0 aliphatic carbocycles. The number of fused-ring (bicyclic) bond motifs is 3. The number of hydrogen-bond donors (Lipinski definition) is 6. The van der Waals surface area contributed by atoms with Crippen molar-refractivity contribution in [3.63, 3.8) is 0 Å². The SMILES string of the molecule is CCCCCCCCCCc1ccc2c(c1)N(C)[C@@H](C(C)C)C(=O)N[C@@H](CO)CC2.CCCCCCCCCCc1ccc2c(c1)N(C)[C@@H](C(C)C)C(=O)N[C@H](CO)C2.CCCCCCCCCCc1ccc2c(c1)N(C)[C@H](C(C)C)C(=O)N[C@H](CO)C2. The van der Waals surface area contributed by atoms with Gasteiger partial charge < -0.3 is 46.0 Å². The Morgan fingerprint density at radius 2 is 0.648 bits per heavy atom. The fourth-order valence-corrected chi connectivity index (χ4v) is 13.7. The predicted octanol–water partition coefficient (Wildman–Crippen LogP) is 15.0. The van der Waals surface area contributed by atoms with Gasteiger partial charge in [0.1, 0.15) is 18.1 Å². The van der Waals surface area contributed by atoms with Gasteiger partial charge in [0.15, 0.2) is 0 Å². The molecule has 12 nitrogen and oxygen atoms in total. The van der Waals surface area contributed by atoms with Crippen LogP contribution >= 0.6 is 0 Å². The molecular formula is C76H128N6O6. The van der Waals surface area contributed by atoms with Crippen LogP contribution in [0.3, 0.4) is 0 Å². The Bertz CT molecular complexity index is 2320. The molecule has 3 heterocycles. The molecule has 3 aromatic carbocycles. The van der Waals surface area contributed by atoms with Gasteiger partial charge in [-0.15, -0.1) is 0 Å². The van der Waals surface area contributed by atoms with E-state index in [0.717, 1.165) is 43.5 Å². The van der Waals surface area contributed by atoms with Gasteiger partial charge in [-0.1, -0.05) is 234 Å². The second-order valence-electron chi connectivity index (χ2n) is 27.6. The largest absolute Gasteiger partial charge is 0.394 e. The number of unbranched alkanes of at least 4 members (excludes halogenated alkanes) is 21. The lowest BCUT2D eigenvalue weighted by molar-refractivity contribution is -0.125. The maximum absolute atomic E-state index is 12.9. The van der Waals surface area contributed by atoms with Crippen LogP contribution in [-0.2, 0) is 52.9 Å². The number of carbonyl (C=O) groups excluding carboxylic acids is 3. The summed E-state index contributed by atoms with van der Waals surface area (Å²) in [5, 5.41) is 38.2. The van der Waals surface area contributed by atoms with E-state index in [4.69, 9.17) is 0 Å². The van der Waals surface area contributed by atoms with Gasteiger partial charge in [-0.3, -0.25) is 14.4 Å². The number of nitrogens with one attached hydrogen (secondary N) is 3. The zero-order valence-corrected chi connectivity index (χ0v) is 57.8. The van der Waals surface area contributed by atoms with Crippen LogP contribution in [0, 0.1) is 17.8 Å². The van der Waals surface area contributed by atoms with Gasteiger partial charge in [0, 0.05) is 38.2 Å². The average Bonchev–Trinajstić information content (AvgIpc) is 2.31. The van der Waals surface area contributed by atoms with E-state index < -0.39 is 0 Å². The summed E-state index contributed by atoms with van der Waals surface area (Å²) < 4.78 is 0. The van der Waals surface area contributed by atoms with E-state index in [-0.39, 0.29) is 91.5 Å². The average molecular weight is 1220 g/mol. The van der Waals surface area contributed by atoms with Crippen molar-refractivity contribution in [2.24, 2.45) is 17.8 Å². The molecule has 498 valence electrons. The molecule has 6 N–H and O–H groups in total. The lowest BCUT2D eigenvalue weighted by Crippen LogP contribution is -2.54. The first-order valence-electron chi connectivity index (χ1n) is 35.7. The van der Waals surface area contributed by atoms with Crippen molar-refractivity contribution in [2.75, 3.05) is 55.7 Å². The van der Waals surface area contributed by atoms with Crippen molar-refractivity contribution in [3.05, 3.63) is 88.0 Å². The summed E-state index contributed by atoms with van der Waals surface area (Å²) in [7, 11) is 6.10. The molecule has 0 aromatic heterocycles.